The highest BCUT2D eigenvalue weighted by atomic mass is 32.1. The number of halogens is 4. The van der Waals surface area contributed by atoms with Gasteiger partial charge in [0.2, 0.25) is 11.9 Å². The molecule has 1 saturated carbocycles. The van der Waals surface area contributed by atoms with Gasteiger partial charge in [0.15, 0.2) is 6.61 Å². The van der Waals surface area contributed by atoms with E-state index >= 15 is 0 Å². The molecule has 1 aliphatic carbocycles. The third-order valence-electron chi connectivity index (χ3n) is 6.79. The topological polar surface area (TPSA) is 72.3 Å². The number of hydrogen-bond acceptors (Lipinski definition) is 6. The second-order valence-corrected chi connectivity index (χ2v) is 10.5. The summed E-state index contributed by atoms with van der Waals surface area (Å²) in [5.41, 5.74) is 1.17. The van der Waals surface area contributed by atoms with E-state index in [-0.39, 0.29) is 23.6 Å². The van der Waals surface area contributed by atoms with Crippen molar-refractivity contribution < 1.29 is 27.1 Å². The standard InChI is InChI=1S/C23H31F4N5O2S/c1-31-21(24)16(13-28-31)12-20(33)29-17-4-2-15(3-5-17)6-9-32-10-7-18-19(8-11-32)35-22(30-18)34-14-23(25,26)27/h13,15,17H,2-12,14H2,1H3,(H,29,33). The molecule has 1 amide bonds. The number of nitrogens with one attached hydrogen (secondary N) is 1. The Bertz CT molecular complexity index is 975. The zero-order valence-electron chi connectivity index (χ0n) is 19.7. The average Bonchev–Trinajstić information content (AvgIpc) is 3.28. The smallest absolute Gasteiger partial charge is 0.422 e. The van der Waals surface area contributed by atoms with Crippen LogP contribution in [0.5, 0.6) is 5.19 Å². The summed E-state index contributed by atoms with van der Waals surface area (Å²) in [6.07, 6.45) is 3.57. The number of alkyl halides is 3. The van der Waals surface area contributed by atoms with E-state index in [0.717, 1.165) is 79.8 Å². The Morgan fingerprint density at radius 1 is 1.23 bits per heavy atom. The number of carbonyl (C=O) groups is 1. The summed E-state index contributed by atoms with van der Waals surface area (Å²) in [5.74, 6) is -0.0341. The molecule has 2 aromatic rings. The predicted octanol–water partition coefficient (Wildman–Crippen LogP) is 3.67. The van der Waals surface area contributed by atoms with Crippen LogP contribution in [0, 0.1) is 11.9 Å². The molecule has 35 heavy (non-hydrogen) atoms. The van der Waals surface area contributed by atoms with Crippen molar-refractivity contribution in [3.63, 3.8) is 0 Å². The molecule has 4 rings (SSSR count). The van der Waals surface area contributed by atoms with Gasteiger partial charge in [-0.15, -0.1) is 0 Å². The molecule has 0 aromatic carbocycles. The second kappa shape index (κ2) is 11.2. The number of carbonyl (C=O) groups excluding carboxylic acids is 1. The number of fused-ring (bicyclic) bond motifs is 1. The molecule has 0 radical (unpaired) electrons. The zero-order valence-corrected chi connectivity index (χ0v) is 20.6. The van der Waals surface area contributed by atoms with Crippen molar-refractivity contribution in [3.05, 3.63) is 28.3 Å². The Morgan fingerprint density at radius 3 is 2.66 bits per heavy atom. The van der Waals surface area contributed by atoms with Crippen molar-refractivity contribution in [2.45, 2.75) is 63.6 Å². The van der Waals surface area contributed by atoms with E-state index in [2.05, 4.69) is 20.3 Å². The second-order valence-electron chi connectivity index (χ2n) is 9.43. The normalized spacial score (nSPS) is 21.4. The van der Waals surface area contributed by atoms with Crippen LogP contribution in [0.3, 0.4) is 0 Å². The van der Waals surface area contributed by atoms with Crippen LogP contribution in [0.2, 0.25) is 0 Å². The van der Waals surface area contributed by atoms with Crippen molar-refractivity contribution in [2.75, 3.05) is 26.2 Å². The van der Waals surface area contributed by atoms with E-state index in [1.165, 1.54) is 24.6 Å². The van der Waals surface area contributed by atoms with Gasteiger partial charge in [-0.1, -0.05) is 11.3 Å². The van der Waals surface area contributed by atoms with E-state index in [0.29, 0.717) is 11.5 Å². The van der Waals surface area contributed by atoms with E-state index in [1.807, 2.05) is 0 Å². The lowest BCUT2D eigenvalue weighted by molar-refractivity contribution is -0.153. The van der Waals surface area contributed by atoms with E-state index in [1.54, 1.807) is 0 Å². The van der Waals surface area contributed by atoms with E-state index in [9.17, 15) is 22.4 Å². The van der Waals surface area contributed by atoms with Crippen molar-refractivity contribution in [3.8, 4) is 5.19 Å². The molecule has 2 aliphatic rings. The highest BCUT2D eigenvalue weighted by Crippen LogP contribution is 2.31. The summed E-state index contributed by atoms with van der Waals surface area (Å²) >= 11 is 1.22. The van der Waals surface area contributed by atoms with Crippen molar-refractivity contribution in [1.82, 2.24) is 25.0 Å². The first-order valence-corrected chi connectivity index (χ1v) is 12.8. The maximum Gasteiger partial charge on any atom is 0.422 e. The van der Waals surface area contributed by atoms with Crippen LogP contribution in [0.15, 0.2) is 6.20 Å². The first kappa shape index (κ1) is 25.9. The molecule has 0 atom stereocenters. The number of thiazole rings is 1. The van der Waals surface area contributed by atoms with Gasteiger partial charge in [0, 0.05) is 43.0 Å². The summed E-state index contributed by atoms with van der Waals surface area (Å²) in [6, 6.07) is 0.132. The lowest BCUT2D eigenvalue weighted by Crippen LogP contribution is -2.39. The first-order chi connectivity index (χ1) is 16.7. The van der Waals surface area contributed by atoms with Crippen LogP contribution in [-0.2, 0) is 31.1 Å². The number of ether oxygens (including phenoxy) is 1. The molecule has 0 bridgehead atoms. The number of rotatable bonds is 8. The highest BCUT2D eigenvalue weighted by Gasteiger charge is 2.30. The molecular weight excluding hydrogens is 486 g/mol. The molecule has 0 unspecified atom stereocenters. The molecule has 1 N–H and O–H groups in total. The Hall–Kier alpha value is -2.21. The van der Waals surface area contributed by atoms with Crippen LogP contribution in [-0.4, -0.2) is 64.0 Å². The van der Waals surface area contributed by atoms with Crippen molar-refractivity contribution in [1.29, 1.82) is 0 Å². The third-order valence-corrected chi connectivity index (χ3v) is 7.86. The molecule has 0 saturated heterocycles. The average molecular weight is 518 g/mol. The Balaban J connectivity index is 1.14. The van der Waals surface area contributed by atoms with Gasteiger partial charge >= 0.3 is 6.18 Å². The molecular formula is C23H31F4N5O2S. The summed E-state index contributed by atoms with van der Waals surface area (Å²) in [5, 5.41) is 6.97. The number of amides is 1. The largest absolute Gasteiger partial charge is 0.460 e. The molecule has 2 aromatic heterocycles. The van der Waals surface area contributed by atoms with Gasteiger partial charge in [-0.3, -0.25) is 4.79 Å². The Labute approximate surface area is 205 Å². The summed E-state index contributed by atoms with van der Waals surface area (Å²) in [4.78, 5) is 20.0. The van der Waals surface area contributed by atoms with E-state index < -0.39 is 18.7 Å². The number of hydrogen-bond donors (Lipinski definition) is 1. The number of nitrogens with zero attached hydrogens (tertiary/aromatic N) is 4. The fourth-order valence-electron chi connectivity index (χ4n) is 4.81. The summed E-state index contributed by atoms with van der Waals surface area (Å²) in [6.45, 7) is 1.38. The van der Waals surface area contributed by atoms with Gasteiger partial charge in [-0.25, -0.2) is 9.67 Å². The van der Waals surface area contributed by atoms with Crippen LogP contribution in [0.4, 0.5) is 17.6 Å². The molecule has 1 aliphatic heterocycles. The lowest BCUT2D eigenvalue weighted by Gasteiger charge is -2.30. The van der Waals surface area contributed by atoms with Crippen molar-refractivity contribution >= 4 is 17.2 Å². The minimum absolute atomic E-state index is 0.00481. The minimum atomic E-state index is -4.36. The molecule has 12 heteroatoms. The fraction of sp³-hybridized carbons (Fsp3) is 0.696. The quantitative estimate of drug-likeness (QED) is 0.541. The van der Waals surface area contributed by atoms with Crippen LogP contribution >= 0.6 is 11.3 Å². The first-order valence-electron chi connectivity index (χ1n) is 12.0. The molecule has 0 spiro atoms. The Morgan fingerprint density at radius 2 is 1.97 bits per heavy atom. The van der Waals surface area contributed by atoms with Gasteiger partial charge in [-0.05, 0) is 51.0 Å². The monoisotopic (exact) mass is 517 g/mol. The van der Waals surface area contributed by atoms with Gasteiger partial charge in [-0.2, -0.15) is 22.7 Å². The van der Waals surface area contributed by atoms with Crippen LogP contribution < -0.4 is 10.1 Å². The fourth-order valence-corrected chi connectivity index (χ4v) is 5.76. The zero-order chi connectivity index (χ0) is 25.0. The summed E-state index contributed by atoms with van der Waals surface area (Å²) < 4.78 is 56.9. The minimum Gasteiger partial charge on any atom is -0.460 e. The number of aryl methyl sites for hydroxylation is 1. The molecule has 3 heterocycles. The SMILES string of the molecule is Cn1ncc(CC(=O)NC2CCC(CCN3CCc4nc(OCC(F)(F)F)sc4CC3)CC2)c1F. The molecule has 1 fully saturated rings. The maximum absolute atomic E-state index is 13.8. The molecule has 194 valence electrons. The van der Waals surface area contributed by atoms with Gasteiger partial charge in [0.1, 0.15) is 0 Å². The highest BCUT2D eigenvalue weighted by molar-refractivity contribution is 7.13. The number of aromatic nitrogens is 3. The Kier molecular flexibility index (Phi) is 8.31. The molecule has 7 nitrogen and oxygen atoms in total. The summed E-state index contributed by atoms with van der Waals surface area (Å²) in [7, 11) is 1.51. The van der Waals surface area contributed by atoms with Crippen LogP contribution in [0.25, 0.3) is 0 Å². The van der Waals surface area contributed by atoms with Crippen molar-refractivity contribution in [2.24, 2.45) is 13.0 Å². The predicted molar refractivity (Wildman–Crippen MR) is 123 cm³/mol. The van der Waals surface area contributed by atoms with Gasteiger partial charge < -0.3 is 15.0 Å². The van der Waals surface area contributed by atoms with Gasteiger partial charge in [0.05, 0.1) is 18.3 Å². The maximum atomic E-state index is 13.8. The van der Waals surface area contributed by atoms with Crippen LogP contribution in [0.1, 0.15) is 48.2 Å². The van der Waals surface area contributed by atoms with Gasteiger partial charge in [0.25, 0.3) is 5.19 Å². The third kappa shape index (κ3) is 7.39. The lowest BCUT2D eigenvalue weighted by atomic mass is 9.84. The van der Waals surface area contributed by atoms with E-state index in [4.69, 9.17) is 4.74 Å².